The molecule has 1 aromatic heterocycles. The number of benzene rings is 1. The van der Waals surface area contributed by atoms with Crippen molar-refractivity contribution in [2.75, 3.05) is 6.54 Å². The van der Waals surface area contributed by atoms with Crippen LogP contribution in [-0.2, 0) is 4.79 Å². The minimum absolute atomic E-state index is 0.154. The molecule has 1 amide bonds. The van der Waals surface area contributed by atoms with Gasteiger partial charge in [0.1, 0.15) is 11.6 Å². The van der Waals surface area contributed by atoms with E-state index in [1.54, 1.807) is 18.3 Å². The lowest BCUT2D eigenvalue weighted by Crippen LogP contribution is -2.43. The molecular formula is C17H16FN2O2. The van der Waals surface area contributed by atoms with Gasteiger partial charge in [-0.2, -0.15) is 0 Å². The molecular weight excluding hydrogens is 283 g/mol. The molecule has 1 unspecified atom stereocenters. The summed E-state index contributed by atoms with van der Waals surface area (Å²) >= 11 is 0. The number of carbonyl (C=O) groups excluding carboxylic acids is 1. The molecule has 2 aromatic rings. The number of hydrogen-bond acceptors (Lipinski definition) is 3. The van der Waals surface area contributed by atoms with Crippen LogP contribution >= 0.6 is 0 Å². The number of nitrogens with one attached hydrogen (secondary N) is 1. The van der Waals surface area contributed by atoms with Gasteiger partial charge in [0.05, 0.1) is 0 Å². The lowest BCUT2D eigenvalue weighted by molar-refractivity contribution is -0.129. The van der Waals surface area contributed by atoms with E-state index in [2.05, 4.69) is 16.4 Å². The third-order valence-electron chi connectivity index (χ3n) is 3.58. The van der Waals surface area contributed by atoms with Gasteiger partial charge in [-0.3, -0.25) is 9.78 Å². The molecule has 0 bridgehead atoms. The number of aryl methyl sites for hydroxylation is 1. The van der Waals surface area contributed by atoms with Crippen LogP contribution < -0.4 is 10.1 Å². The van der Waals surface area contributed by atoms with E-state index in [1.165, 1.54) is 6.07 Å². The van der Waals surface area contributed by atoms with E-state index in [0.29, 0.717) is 29.8 Å². The second-order valence-corrected chi connectivity index (χ2v) is 5.29. The fourth-order valence-corrected chi connectivity index (χ4v) is 2.38. The first-order valence-electron chi connectivity index (χ1n) is 7.22. The predicted octanol–water partition coefficient (Wildman–Crippen LogP) is 2.65. The molecule has 113 valence electrons. The molecule has 2 heterocycles. The Morgan fingerprint density at radius 3 is 3.00 bits per heavy atom. The molecule has 1 aliphatic heterocycles. The molecule has 0 saturated carbocycles. The highest BCUT2D eigenvalue weighted by atomic mass is 19.1. The Kier molecular flexibility index (Phi) is 4.04. The average molecular weight is 299 g/mol. The van der Waals surface area contributed by atoms with Crippen molar-refractivity contribution in [3.8, 4) is 16.9 Å². The van der Waals surface area contributed by atoms with Crippen molar-refractivity contribution in [2.45, 2.75) is 25.9 Å². The summed E-state index contributed by atoms with van der Waals surface area (Å²) in [7, 11) is 0. The van der Waals surface area contributed by atoms with Gasteiger partial charge < -0.3 is 10.1 Å². The maximum Gasteiger partial charge on any atom is 0.261 e. The van der Waals surface area contributed by atoms with E-state index >= 15 is 0 Å². The number of piperidine rings is 1. The van der Waals surface area contributed by atoms with Crippen LogP contribution in [0, 0.1) is 18.8 Å². The van der Waals surface area contributed by atoms with Gasteiger partial charge in [-0.05, 0) is 38.0 Å². The Morgan fingerprint density at radius 1 is 1.45 bits per heavy atom. The lowest BCUT2D eigenvalue weighted by Gasteiger charge is -2.23. The largest absolute Gasteiger partial charge is 0.480 e. The zero-order valence-corrected chi connectivity index (χ0v) is 12.2. The summed E-state index contributed by atoms with van der Waals surface area (Å²) in [4.78, 5) is 15.8. The quantitative estimate of drug-likeness (QED) is 0.948. The van der Waals surface area contributed by atoms with E-state index < -0.39 is 11.9 Å². The highest BCUT2D eigenvalue weighted by Crippen LogP contribution is 2.26. The summed E-state index contributed by atoms with van der Waals surface area (Å²) in [6.07, 6.45) is 2.54. The number of pyridine rings is 1. The number of carbonyl (C=O) groups is 1. The molecule has 1 saturated heterocycles. The molecule has 22 heavy (non-hydrogen) atoms. The second kappa shape index (κ2) is 6.13. The Bertz CT molecular complexity index is 686. The maximum atomic E-state index is 14.2. The topological polar surface area (TPSA) is 51.2 Å². The molecule has 1 radical (unpaired) electrons. The Balaban J connectivity index is 1.80. The van der Waals surface area contributed by atoms with Gasteiger partial charge in [0.15, 0.2) is 6.10 Å². The smallest absolute Gasteiger partial charge is 0.261 e. The summed E-state index contributed by atoms with van der Waals surface area (Å²) in [6.45, 7) is 2.54. The second-order valence-electron chi connectivity index (χ2n) is 5.29. The van der Waals surface area contributed by atoms with Crippen molar-refractivity contribution in [3.05, 3.63) is 48.0 Å². The van der Waals surface area contributed by atoms with Crippen LogP contribution in [0.25, 0.3) is 11.1 Å². The van der Waals surface area contributed by atoms with Crippen molar-refractivity contribution >= 4 is 5.91 Å². The summed E-state index contributed by atoms with van der Waals surface area (Å²) < 4.78 is 19.8. The monoisotopic (exact) mass is 299 g/mol. The van der Waals surface area contributed by atoms with Crippen LogP contribution in [0.2, 0.25) is 0 Å². The third kappa shape index (κ3) is 3.08. The normalized spacial score (nSPS) is 17.9. The van der Waals surface area contributed by atoms with Crippen LogP contribution in [-0.4, -0.2) is 23.5 Å². The summed E-state index contributed by atoms with van der Waals surface area (Å²) in [5, 5.41) is 2.73. The summed E-state index contributed by atoms with van der Waals surface area (Å²) in [5.74, 6) is -0.291. The molecule has 0 aliphatic carbocycles. The molecule has 0 spiro atoms. The molecule has 1 fully saturated rings. The molecule has 3 rings (SSSR count). The van der Waals surface area contributed by atoms with Gasteiger partial charge in [0.2, 0.25) is 0 Å². The van der Waals surface area contributed by atoms with Crippen LogP contribution in [0.4, 0.5) is 4.39 Å². The number of aromatic nitrogens is 1. The summed E-state index contributed by atoms with van der Waals surface area (Å²) in [6, 6.07) is 9.33. The molecule has 1 aromatic carbocycles. The van der Waals surface area contributed by atoms with Crippen LogP contribution in [0.1, 0.15) is 18.5 Å². The van der Waals surface area contributed by atoms with Crippen molar-refractivity contribution in [1.82, 2.24) is 10.3 Å². The van der Waals surface area contributed by atoms with Crippen molar-refractivity contribution in [2.24, 2.45) is 0 Å². The first-order chi connectivity index (χ1) is 10.6. The Hall–Kier alpha value is -2.43. The molecule has 4 nitrogen and oxygen atoms in total. The van der Waals surface area contributed by atoms with E-state index in [9.17, 15) is 9.18 Å². The van der Waals surface area contributed by atoms with Gasteiger partial charge in [-0.1, -0.05) is 6.07 Å². The Morgan fingerprint density at radius 2 is 2.32 bits per heavy atom. The average Bonchev–Trinajstić information content (AvgIpc) is 2.51. The highest BCUT2D eigenvalue weighted by Gasteiger charge is 2.24. The van der Waals surface area contributed by atoms with Crippen LogP contribution in [0.15, 0.2) is 30.5 Å². The number of rotatable bonds is 3. The minimum Gasteiger partial charge on any atom is -0.480 e. The molecule has 5 heteroatoms. The molecule has 1 N–H and O–H groups in total. The van der Waals surface area contributed by atoms with Crippen LogP contribution in [0.5, 0.6) is 5.75 Å². The lowest BCUT2D eigenvalue weighted by atomic mass is 10.1. The molecule has 1 atom stereocenters. The SMILES string of the molecule is Cc1ccc(-c2[c]cc(OC3CCCNC3=O)cc2F)cn1. The first kappa shape index (κ1) is 14.5. The predicted molar refractivity (Wildman–Crippen MR) is 79.9 cm³/mol. The van der Waals surface area contributed by atoms with E-state index in [4.69, 9.17) is 4.74 Å². The maximum absolute atomic E-state index is 14.2. The van der Waals surface area contributed by atoms with Crippen molar-refractivity contribution < 1.29 is 13.9 Å². The molecule has 1 aliphatic rings. The van der Waals surface area contributed by atoms with E-state index in [0.717, 1.165) is 12.1 Å². The van der Waals surface area contributed by atoms with Crippen LogP contribution in [0.3, 0.4) is 0 Å². The number of halogens is 1. The number of hydrogen-bond donors (Lipinski definition) is 1. The van der Waals surface area contributed by atoms with Gasteiger partial charge in [0.25, 0.3) is 5.91 Å². The van der Waals surface area contributed by atoms with Gasteiger partial charge in [-0.15, -0.1) is 0 Å². The summed E-state index contributed by atoms with van der Waals surface area (Å²) in [5.41, 5.74) is 1.87. The fraction of sp³-hybridized carbons (Fsp3) is 0.294. The third-order valence-corrected chi connectivity index (χ3v) is 3.58. The van der Waals surface area contributed by atoms with E-state index in [1.807, 2.05) is 13.0 Å². The number of amides is 1. The standard InChI is InChI=1S/C17H16FN2O2/c1-11-4-5-12(10-20-11)14-7-6-13(9-15(14)18)22-16-3-2-8-19-17(16)21/h4-6,9-10,16H,2-3,8H2,1H3,(H,19,21). The van der Waals surface area contributed by atoms with Gasteiger partial charge in [-0.25, -0.2) is 4.39 Å². The zero-order valence-electron chi connectivity index (χ0n) is 12.2. The number of nitrogens with zero attached hydrogens (tertiary/aromatic N) is 1. The van der Waals surface area contributed by atoms with Crippen molar-refractivity contribution in [3.63, 3.8) is 0 Å². The first-order valence-corrected chi connectivity index (χ1v) is 7.22. The Labute approximate surface area is 128 Å². The van der Waals surface area contributed by atoms with E-state index in [-0.39, 0.29) is 5.91 Å². The minimum atomic E-state index is -0.562. The fourth-order valence-electron chi connectivity index (χ4n) is 2.38. The zero-order chi connectivity index (χ0) is 15.5. The van der Waals surface area contributed by atoms with Crippen molar-refractivity contribution in [1.29, 1.82) is 0 Å². The van der Waals surface area contributed by atoms with Gasteiger partial charge in [0, 0.05) is 35.6 Å². The van der Waals surface area contributed by atoms with Gasteiger partial charge >= 0.3 is 0 Å². The number of ether oxygens (including phenoxy) is 1. The highest BCUT2D eigenvalue weighted by molar-refractivity contribution is 5.81.